The van der Waals surface area contributed by atoms with Gasteiger partial charge in [-0.2, -0.15) is 5.10 Å². The number of allylic oxidation sites excluding steroid dienone is 1. The van der Waals surface area contributed by atoms with Crippen LogP contribution in [0.15, 0.2) is 51.2 Å². The number of halogens is 2. The van der Waals surface area contributed by atoms with Crippen molar-refractivity contribution in [3.05, 3.63) is 62.2 Å². The summed E-state index contributed by atoms with van der Waals surface area (Å²) in [5.74, 6) is 0.661. The molecule has 2 aromatic rings. The summed E-state index contributed by atoms with van der Waals surface area (Å²) < 4.78 is 22.2. The SMILES string of the molecule is CCOc1cc([C@H]2NC(=O)NC(C)=C2C(=O)OC)ccc1OC[C@H](O)N/N=C\c1cc(Cl)c(OC)c(Br)c1. The molecule has 204 valence electrons. The van der Waals surface area contributed by atoms with Crippen molar-refractivity contribution in [2.75, 3.05) is 27.4 Å². The molecule has 38 heavy (non-hydrogen) atoms. The number of aliphatic hydroxyl groups excluding tert-OH is 1. The predicted octanol–water partition coefficient (Wildman–Crippen LogP) is 3.63. The first kappa shape index (κ1) is 29.1. The van der Waals surface area contributed by atoms with E-state index in [1.54, 1.807) is 37.3 Å². The zero-order valence-electron chi connectivity index (χ0n) is 21.1. The van der Waals surface area contributed by atoms with Gasteiger partial charge in [-0.15, -0.1) is 0 Å². The minimum atomic E-state index is -1.14. The molecule has 1 aliphatic rings. The minimum absolute atomic E-state index is 0.152. The van der Waals surface area contributed by atoms with Crippen LogP contribution < -0.4 is 30.3 Å². The summed E-state index contributed by atoms with van der Waals surface area (Å²) >= 11 is 9.55. The summed E-state index contributed by atoms with van der Waals surface area (Å²) in [6.45, 7) is 3.61. The summed E-state index contributed by atoms with van der Waals surface area (Å²) in [5.41, 5.74) is 4.50. The lowest BCUT2D eigenvalue weighted by Gasteiger charge is -2.28. The summed E-state index contributed by atoms with van der Waals surface area (Å²) in [7, 11) is 2.79. The number of nitrogens with zero attached hydrogens (tertiary/aromatic N) is 1. The van der Waals surface area contributed by atoms with Crippen LogP contribution in [-0.4, -0.2) is 57.0 Å². The molecule has 4 N–H and O–H groups in total. The second-order valence-corrected chi connectivity index (χ2v) is 9.19. The molecule has 0 bridgehead atoms. The third kappa shape index (κ3) is 7.09. The fraction of sp³-hybridized carbons (Fsp3) is 0.320. The van der Waals surface area contributed by atoms with E-state index in [0.717, 1.165) is 0 Å². The molecule has 1 aliphatic heterocycles. The van der Waals surface area contributed by atoms with Gasteiger partial charge in [-0.3, -0.25) is 5.43 Å². The lowest BCUT2D eigenvalue weighted by molar-refractivity contribution is -0.136. The number of carbonyl (C=O) groups is 2. The van der Waals surface area contributed by atoms with E-state index in [4.69, 9.17) is 30.5 Å². The third-order valence-electron chi connectivity index (χ3n) is 5.33. The predicted molar refractivity (Wildman–Crippen MR) is 145 cm³/mol. The molecule has 0 aromatic heterocycles. The number of nitrogens with one attached hydrogen (secondary N) is 3. The van der Waals surface area contributed by atoms with Gasteiger partial charge in [0, 0.05) is 5.70 Å². The summed E-state index contributed by atoms with van der Waals surface area (Å²) in [5, 5.41) is 20.0. The number of ether oxygens (including phenoxy) is 4. The molecule has 0 saturated carbocycles. The number of benzene rings is 2. The maximum Gasteiger partial charge on any atom is 0.337 e. The van der Waals surface area contributed by atoms with Crippen LogP contribution in [0.2, 0.25) is 5.02 Å². The number of hydrogen-bond acceptors (Lipinski definition) is 9. The van der Waals surface area contributed by atoms with Crippen molar-refractivity contribution in [2.45, 2.75) is 26.1 Å². The van der Waals surface area contributed by atoms with Crippen LogP contribution in [0.1, 0.15) is 31.0 Å². The number of aliphatic hydroxyl groups is 1. The molecule has 11 nitrogen and oxygen atoms in total. The van der Waals surface area contributed by atoms with Gasteiger partial charge in [-0.1, -0.05) is 17.7 Å². The van der Waals surface area contributed by atoms with Crippen molar-refractivity contribution >= 4 is 45.7 Å². The number of rotatable bonds is 11. The number of hydrogen-bond donors (Lipinski definition) is 4. The Morgan fingerprint density at radius 1 is 1.26 bits per heavy atom. The van der Waals surface area contributed by atoms with Crippen molar-refractivity contribution < 1.29 is 33.6 Å². The lowest BCUT2D eigenvalue weighted by atomic mass is 9.95. The van der Waals surface area contributed by atoms with Crippen LogP contribution in [0, 0.1) is 0 Å². The molecule has 2 aromatic carbocycles. The smallest absolute Gasteiger partial charge is 0.337 e. The highest BCUT2D eigenvalue weighted by Crippen LogP contribution is 2.35. The van der Waals surface area contributed by atoms with Gasteiger partial charge in [0.05, 0.1) is 48.2 Å². The highest BCUT2D eigenvalue weighted by molar-refractivity contribution is 9.10. The van der Waals surface area contributed by atoms with Gasteiger partial charge < -0.3 is 34.7 Å². The lowest BCUT2D eigenvalue weighted by Crippen LogP contribution is -2.45. The van der Waals surface area contributed by atoms with Crippen LogP contribution in [-0.2, 0) is 9.53 Å². The average molecular weight is 612 g/mol. The van der Waals surface area contributed by atoms with Crippen LogP contribution in [0.5, 0.6) is 17.2 Å². The Hall–Kier alpha value is -3.48. The Labute approximate surface area is 233 Å². The quantitative estimate of drug-likeness (QED) is 0.131. The van der Waals surface area contributed by atoms with Gasteiger partial charge >= 0.3 is 12.0 Å². The number of amides is 2. The monoisotopic (exact) mass is 610 g/mol. The van der Waals surface area contributed by atoms with E-state index in [2.05, 4.69) is 37.1 Å². The molecule has 13 heteroatoms. The van der Waals surface area contributed by atoms with Crippen molar-refractivity contribution in [2.24, 2.45) is 5.10 Å². The molecule has 2 amide bonds. The van der Waals surface area contributed by atoms with Crippen molar-refractivity contribution in [1.82, 2.24) is 16.1 Å². The van der Waals surface area contributed by atoms with E-state index >= 15 is 0 Å². The molecular formula is C25H28BrClN4O7. The molecule has 0 spiro atoms. The van der Waals surface area contributed by atoms with Gasteiger partial charge in [0.25, 0.3) is 0 Å². The van der Waals surface area contributed by atoms with Gasteiger partial charge in [-0.25, -0.2) is 9.59 Å². The topological polar surface area (TPSA) is 140 Å². The number of esters is 1. The van der Waals surface area contributed by atoms with Crippen molar-refractivity contribution in [3.63, 3.8) is 0 Å². The average Bonchev–Trinajstić information content (AvgIpc) is 2.87. The molecule has 0 saturated heterocycles. The normalized spacial score (nSPS) is 16.0. The first-order chi connectivity index (χ1) is 18.2. The second-order valence-electron chi connectivity index (χ2n) is 7.93. The Kier molecular flexibility index (Phi) is 10.2. The van der Waals surface area contributed by atoms with Gasteiger partial charge in [0.15, 0.2) is 23.5 Å². The van der Waals surface area contributed by atoms with E-state index in [0.29, 0.717) is 50.2 Å². The van der Waals surface area contributed by atoms with E-state index in [9.17, 15) is 14.7 Å². The standard InChI is InChI=1S/C25H28BrClN4O7/c1-5-37-19-10-15(22-21(24(33)36-4)13(2)29-25(34)30-22)6-7-18(19)38-12-20(32)31-28-11-14-8-16(26)23(35-3)17(27)9-14/h6-11,20,22,31-32H,5,12H2,1-4H3,(H2,29,30,34)/b28-11-/t20-,22+/m0/s1. The largest absolute Gasteiger partial charge is 0.494 e. The van der Waals surface area contributed by atoms with E-state index in [-0.39, 0.29) is 12.2 Å². The summed E-state index contributed by atoms with van der Waals surface area (Å²) in [6, 6.07) is 7.22. The van der Waals surface area contributed by atoms with Crippen molar-refractivity contribution in [3.8, 4) is 17.2 Å². The second kappa shape index (κ2) is 13.4. The fourth-order valence-corrected chi connectivity index (χ4v) is 4.73. The number of hydrazone groups is 1. The molecular weight excluding hydrogens is 584 g/mol. The minimum Gasteiger partial charge on any atom is -0.494 e. The Morgan fingerprint density at radius 2 is 2.03 bits per heavy atom. The first-order valence-corrected chi connectivity index (χ1v) is 12.6. The van der Waals surface area contributed by atoms with Gasteiger partial charge in [0.1, 0.15) is 6.61 Å². The van der Waals surface area contributed by atoms with E-state index in [1.165, 1.54) is 20.4 Å². The van der Waals surface area contributed by atoms with Crippen molar-refractivity contribution in [1.29, 1.82) is 0 Å². The van der Waals surface area contributed by atoms with Crippen LogP contribution >= 0.6 is 27.5 Å². The van der Waals surface area contributed by atoms with E-state index < -0.39 is 24.3 Å². The zero-order chi connectivity index (χ0) is 27.8. The number of carbonyl (C=O) groups excluding carboxylic acids is 2. The molecule has 0 radical (unpaired) electrons. The van der Waals surface area contributed by atoms with E-state index in [1.807, 2.05) is 6.92 Å². The summed E-state index contributed by atoms with van der Waals surface area (Å²) in [4.78, 5) is 24.5. The third-order valence-corrected chi connectivity index (χ3v) is 6.20. The molecule has 0 unspecified atom stereocenters. The number of methoxy groups -OCH3 is 2. The summed E-state index contributed by atoms with van der Waals surface area (Å²) in [6.07, 6.45) is 0.347. The Morgan fingerprint density at radius 3 is 2.68 bits per heavy atom. The molecule has 2 atom stereocenters. The maximum absolute atomic E-state index is 12.4. The Bertz CT molecular complexity index is 1230. The van der Waals surface area contributed by atoms with Crippen LogP contribution in [0.3, 0.4) is 0 Å². The van der Waals surface area contributed by atoms with Crippen LogP contribution in [0.25, 0.3) is 0 Å². The maximum atomic E-state index is 12.4. The zero-order valence-corrected chi connectivity index (χ0v) is 23.5. The molecule has 0 aliphatic carbocycles. The molecule has 3 rings (SSSR count). The van der Waals surface area contributed by atoms with Gasteiger partial charge in [-0.05, 0) is 65.2 Å². The number of urea groups is 1. The Balaban J connectivity index is 1.70. The highest BCUT2D eigenvalue weighted by atomic mass is 79.9. The molecule has 1 heterocycles. The first-order valence-electron chi connectivity index (χ1n) is 11.4. The fourth-order valence-electron chi connectivity index (χ4n) is 3.67. The molecule has 0 fully saturated rings. The highest BCUT2D eigenvalue weighted by Gasteiger charge is 2.32. The van der Waals surface area contributed by atoms with Crippen LogP contribution in [0.4, 0.5) is 4.79 Å². The van der Waals surface area contributed by atoms with Gasteiger partial charge in [0.2, 0.25) is 0 Å².